The van der Waals surface area contributed by atoms with Crippen molar-refractivity contribution in [2.24, 2.45) is 0 Å². The van der Waals surface area contributed by atoms with Crippen molar-refractivity contribution in [1.29, 1.82) is 5.41 Å². The van der Waals surface area contributed by atoms with Gasteiger partial charge in [-0.15, -0.1) is 0 Å². The topological polar surface area (TPSA) is 90.2 Å². The molecule has 0 fully saturated rings. The van der Waals surface area contributed by atoms with Crippen molar-refractivity contribution in [2.75, 3.05) is 0 Å². The molecule has 0 saturated heterocycles. The molecule has 0 aliphatic carbocycles. The van der Waals surface area contributed by atoms with Crippen LogP contribution in [-0.2, 0) is 9.59 Å². The Morgan fingerprint density at radius 3 is 2.30 bits per heavy atom. The normalized spacial score (nSPS) is 11.2. The Labute approximate surface area is 121 Å². The van der Waals surface area contributed by atoms with Crippen molar-refractivity contribution in [3.63, 3.8) is 0 Å². The summed E-state index contributed by atoms with van der Waals surface area (Å²) in [5, 5.41) is 18.0. The largest absolute Gasteiger partial charge is 0.494 e. The van der Waals surface area contributed by atoms with Crippen LogP contribution in [0.3, 0.4) is 0 Å². The van der Waals surface area contributed by atoms with Crippen LogP contribution in [0, 0.1) is 5.41 Å². The highest BCUT2D eigenvalue weighted by molar-refractivity contribution is 5.98. The minimum atomic E-state index is -0.534. The summed E-state index contributed by atoms with van der Waals surface area (Å²) in [4.78, 5) is 22.9. The molecule has 0 aromatic rings. The fraction of sp³-hybridized carbons (Fsp3) is 0.667. The van der Waals surface area contributed by atoms with Crippen LogP contribution < -0.4 is 5.32 Å². The van der Waals surface area contributed by atoms with E-state index in [1.54, 1.807) is 0 Å². The lowest BCUT2D eigenvalue weighted by molar-refractivity contribution is -0.128. The molecule has 0 bridgehead atoms. The maximum atomic E-state index is 11.5. The summed E-state index contributed by atoms with van der Waals surface area (Å²) >= 11 is 0. The first kappa shape index (κ1) is 18.4. The van der Waals surface area contributed by atoms with E-state index in [-0.39, 0.29) is 12.2 Å². The van der Waals surface area contributed by atoms with E-state index in [9.17, 15) is 9.59 Å². The lowest BCUT2D eigenvalue weighted by Gasteiger charge is -2.03. The average molecular weight is 282 g/mol. The fourth-order valence-electron chi connectivity index (χ4n) is 1.85. The van der Waals surface area contributed by atoms with Gasteiger partial charge in [0.15, 0.2) is 5.88 Å². The first-order chi connectivity index (χ1) is 9.60. The van der Waals surface area contributed by atoms with Crippen molar-refractivity contribution in [3.05, 3.63) is 12.0 Å². The number of unbranched alkanes of at least 4 members (excludes halogenated alkanes) is 6. The molecule has 0 spiro atoms. The summed E-state index contributed by atoms with van der Waals surface area (Å²) in [5.74, 6) is -1.05. The predicted octanol–water partition coefficient (Wildman–Crippen LogP) is 3.25. The molecule has 0 atom stereocenters. The Morgan fingerprint density at radius 2 is 1.70 bits per heavy atom. The van der Waals surface area contributed by atoms with Crippen LogP contribution in [-0.4, -0.2) is 23.0 Å². The third kappa shape index (κ3) is 11.4. The molecule has 0 aliphatic heterocycles. The number of amides is 1. The van der Waals surface area contributed by atoms with Gasteiger partial charge in [-0.2, -0.15) is 0 Å². The van der Waals surface area contributed by atoms with E-state index in [1.165, 1.54) is 25.7 Å². The number of carbonyl (C=O) groups excluding carboxylic acids is 2. The Morgan fingerprint density at radius 1 is 1.10 bits per heavy atom. The van der Waals surface area contributed by atoms with Crippen molar-refractivity contribution < 1.29 is 14.7 Å². The van der Waals surface area contributed by atoms with Crippen molar-refractivity contribution in [1.82, 2.24) is 5.32 Å². The molecule has 5 nitrogen and oxygen atoms in total. The van der Waals surface area contributed by atoms with E-state index in [2.05, 4.69) is 12.2 Å². The van der Waals surface area contributed by atoms with Crippen LogP contribution in [0.15, 0.2) is 12.0 Å². The third-order valence-corrected chi connectivity index (χ3v) is 2.93. The zero-order chi connectivity index (χ0) is 15.2. The van der Waals surface area contributed by atoms with Gasteiger partial charge in [0, 0.05) is 18.7 Å². The first-order valence-electron chi connectivity index (χ1n) is 7.31. The molecular weight excluding hydrogens is 256 g/mol. The van der Waals surface area contributed by atoms with Crippen molar-refractivity contribution >= 4 is 17.9 Å². The van der Waals surface area contributed by atoms with Crippen LogP contribution in [0.25, 0.3) is 0 Å². The second kappa shape index (κ2) is 12.4. The maximum Gasteiger partial charge on any atom is 0.234 e. The number of nitrogens with one attached hydrogen (secondary N) is 2. The lowest BCUT2D eigenvalue weighted by atomic mass is 10.1. The minimum Gasteiger partial charge on any atom is -0.494 e. The number of Topliss-reactive ketones (excluding diaryl/α,β-unsaturated/α-hetero) is 1. The quantitative estimate of drug-likeness (QED) is 0.222. The summed E-state index contributed by atoms with van der Waals surface area (Å²) in [5.41, 5.74) is 0. The van der Waals surface area contributed by atoms with Gasteiger partial charge in [-0.05, 0) is 6.42 Å². The number of aliphatic hydroxyl groups is 1. The number of hydrogen-bond donors (Lipinski definition) is 3. The molecule has 0 radical (unpaired) electrons. The van der Waals surface area contributed by atoms with Gasteiger partial charge in [-0.3, -0.25) is 14.9 Å². The number of aliphatic hydroxyl groups excluding tert-OH is 1. The van der Waals surface area contributed by atoms with Gasteiger partial charge in [0.2, 0.25) is 5.91 Å². The standard InChI is InChI=1S/C15H26N2O3/c1-2-3-4-5-6-7-8-9-13(18)12-15(20)17-14(19)10-11-16/h10-11,16,19H,2-9,12H2,1H3,(H,17,20)/b14-10-,16-11?. The second-order valence-corrected chi connectivity index (χ2v) is 4.85. The SMILES string of the molecule is CCCCCCCCCC(=O)CC(=O)N/C(O)=C/C=N. The van der Waals surface area contributed by atoms with Crippen LogP contribution in [0.4, 0.5) is 0 Å². The number of hydrogen-bond acceptors (Lipinski definition) is 4. The van der Waals surface area contributed by atoms with Crippen molar-refractivity contribution in [2.45, 2.75) is 64.7 Å². The van der Waals surface area contributed by atoms with E-state index in [1.807, 2.05) is 0 Å². The third-order valence-electron chi connectivity index (χ3n) is 2.93. The van der Waals surface area contributed by atoms with Crippen LogP contribution >= 0.6 is 0 Å². The Kier molecular flexibility index (Phi) is 11.4. The molecule has 3 N–H and O–H groups in total. The highest BCUT2D eigenvalue weighted by Crippen LogP contribution is 2.09. The fourth-order valence-corrected chi connectivity index (χ4v) is 1.85. The van der Waals surface area contributed by atoms with Crippen LogP contribution in [0.2, 0.25) is 0 Å². The molecule has 1 amide bonds. The molecule has 0 aromatic carbocycles. The minimum absolute atomic E-state index is 0.112. The van der Waals surface area contributed by atoms with Gasteiger partial charge >= 0.3 is 0 Å². The van der Waals surface area contributed by atoms with Gasteiger partial charge in [-0.1, -0.05) is 45.4 Å². The molecule has 5 heteroatoms. The molecule has 0 heterocycles. The molecule has 0 unspecified atom stereocenters. The Hall–Kier alpha value is -1.65. The molecule has 0 aromatic heterocycles. The highest BCUT2D eigenvalue weighted by atomic mass is 16.3. The highest BCUT2D eigenvalue weighted by Gasteiger charge is 2.09. The molecule has 0 rings (SSSR count). The van der Waals surface area contributed by atoms with E-state index >= 15 is 0 Å². The first-order valence-corrected chi connectivity index (χ1v) is 7.31. The molecular formula is C15H26N2O3. The van der Waals surface area contributed by atoms with Crippen LogP contribution in [0.5, 0.6) is 0 Å². The number of carbonyl (C=O) groups is 2. The summed E-state index contributed by atoms with van der Waals surface area (Å²) in [6.45, 7) is 2.18. The van der Waals surface area contributed by atoms with Gasteiger partial charge in [0.05, 0.1) is 6.42 Å². The maximum absolute atomic E-state index is 11.5. The van der Waals surface area contributed by atoms with Gasteiger partial charge in [-0.25, -0.2) is 0 Å². The number of rotatable bonds is 12. The predicted molar refractivity (Wildman–Crippen MR) is 79.9 cm³/mol. The number of ketones is 1. The van der Waals surface area contributed by atoms with Gasteiger partial charge in [0.25, 0.3) is 0 Å². The number of allylic oxidation sites excluding steroid dienone is 1. The Balaban J connectivity index is 3.60. The lowest BCUT2D eigenvalue weighted by Crippen LogP contribution is -2.25. The zero-order valence-corrected chi connectivity index (χ0v) is 12.3. The Bertz CT molecular complexity index is 338. The second-order valence-electron chi connectivity index (χ2n) is 4.85. The molecule has 20 heavy (non-hydrogen) atoms. The van der Waals surface area contributed by atoms with E-state index in [0.29, 0.717) is 6.42 Å². The summed E-state index contributed by atoms with van der Waals surface area (Å²) < 4.78 is 0. The summed E-state index contributed by atoms with van der Waals surface area (Å²) in [6, 6.07) is 0. The summed E-state index contributed by atoms with van der Waals surface area (Å²) in [6.07, 6.45) is 10.0. The van der Waals surface area contributed by atoms with Crippen LogP contribution in [0.1, 0.15) is 64.7 Å². The monoisotopic (exact) mass is 282 g/mol. The molecule has 114 valence electrons. The average Bonchev–Trinajstić information content (AvgIpc) is 2.37. The summed E-state index contributed by atoms with van der Waals surface area (Å²) in [7, 11) is 0. The van der Waals surface area contributed by atoms with Crippen molar-refractivity contribution in [3.8, 4) is 0 Å². The molecule has 0 saturated carbocycles. The van der Waals surface area contributed by atoms with E-state index in [4.69, 9.17) is 10.5 Å². The zero-order valence-electron chi connectivity index (χ0n) is 12.3. The van der Waals surface area contributed by atoms with Gasteiger partial charge < -0.3 is 10.5 Å². The van der Waals surface area contributed by atoms with Gasteiger partial charge in [0.1, 0.15) is 5.78 Å². The van der Waals surface area contributed by atoms with E-state index in [0.717, 1.165) is 31.6 Å². The molecule has 0 aliphatic rings. The van der Waals surface area contributed by atoms with E-state index < -0.39 is 11.8 Å². The smallest absolute Gasteiger partial charge is 0.234 e.